The van der Waals surface area contributed by atoms with E-state index in [1.807, 2.05) is 47.0 Å². The minimum Gasteiger partial charge on any atom is -0.480 e. The molecule has 142 valence electrons. The molecule has 1 atom stereocenters. The van der Waals surface area contributed by atoms with Gasteiger partial charge < -0.3 is 14.6 Å². The Kier molecular flexibility index (Phi) is 4.67. The Bertz CT molecular complexity index is 1140. The van der Waals surface area contributed by atoms with Gasteiger partial charge in [0.1, 0.15) is 6.33 Å². The molecule has 4 rings (SSSR count). The summed E-state index contributed by atoms with van der Waals surface area (Å²) in [6.07, 6.45) is 2.93. The van der Waals surface area contributed by atoms with Crippen LogP contribution in [0.4, 0.5) is 0 Å². The maximum Gasteiger partial charge on any atom is 0.319 e. The molecule has 1 N–H and O–H groups in total. The van der Waals surface area contributed by atoms with Crippen LogP contribution in [0.5, 0.6) is 11.9 Å². The van der Waals surface area contributed by atoms with Crippen LogP contribution in [0.2, 0.25) is 0 Å². The fraction of sp³-hybridized carbons (Fsp3) is 0.190. The number of nitrogens with zero attached hydrogens (tertiary/aromatic N) is 4. The van der Waals surface area contributed by atoms with E-state index >= 15 is 0 Å². The monoisotopic (exact) mass is 376 g/mol. The second-order valence-electron chi connectivity index (χ2n) is 6.37. The number of aliphatic hydroxyl groups is 1. The lowest BCUT2D eigenvalue weighted by atomic mass is 10.1. The highest BCUT2D eigenvalue weighted by atomic mass is 16.5. The Morgan fingerprint density at radius 2 is 1.89 bits per heavy atom. The average Bonchev–Trinajstić information content (AvgIpc) is 3.16. The highest BCUT2D eigenvalue weighted by molar-refractivity contribution is 5.79. The quantitative estimate of drug-likeness (QED) is 0.574. The molecule has 0 amide bonds. The Balaban J connectivity index is 1.79. The molecule has 0 unspecified atom stereocenters. The highest BCUT2D eigenvalue weighted by Crippen LogP contribution is 2.31. The number of methoxy groups -OCH3 is 2. The van der Waals surface area contributed by atoms with Gasteiger partial charge in [0.15, 0.2) is 0 Å². The van der Waals surface area contributed by atoms with E-state index in [0.717, 1.165) is 33.4 Å². The van der Waals surface area contributed by atoms with Crippen molar-refractivity contribution in [1.82, 2.24) is 19.5 Å². The van der Waals surface area contributed by atoms with Gasteiger partial charge in [-0.3, -0.25) is 4.57 Å². The van der Waals surface area contributed by atoms with Crippen molar-refractivity contribution < 1.29 is 14.6 Å². The Morgan fingerprint density at radius 1 is 1.04 bits per heavy atom. The molecule has 7 heteroatoms. The van der Waals surface area contributed by atoms with E-state index in [4.69, 9.17) is 9.47 Å². The summed E-state index contributed by atoms with van der Waals surface area (Å²) in [5, 5.41) is 9.79. The molecule has 4 aromatic rings. The third-order valence-corrected chi connectivity index (χ3v) is 4.60. The van der Waals surface area contributed by atoms with E-state index in [0.29, 0.717) is 5.88 Å². The van der Waals surface area contributed by atoms with Gasteiger partial charge in [0.2, 0.25) is 5.88 Å². The number of hydrogen-bond donors (Lipinski definition) is 1. The molecule has 0 aliphatic rings. The maximum absolute atomic E-state index is 9.79. The van der Waals surface area contributed by atoms with Crippen LogP contribution in [0.3, 0.4) is 0 Å². The van der Waals surface area contributed by atoms with Crippen LogP contribution >= 0.6 is 0 Å². The zero-order chi connectivity index (χ0) is 19.7. The van der Waals surface area contributed by atoms with Gasteiger partial charge in [-0.2, -0.15) is 4.98 Å². The summed E-state index contributed by atoms with van der Waals surface area (Å²) < 4.78 is 12.5. The summed E-state index contributed by atoms with van der Waals surface area (Å²) >= 11 is 0. The number of rotatable bonds is 5. The smallest absolute Gasteiger partial charge is 0.319 e. The predicted octanol–water partition coefficient (Wildman–Crippen LogP) is 3.55. The third kappa shape index (κ3) is 3.16. The number of fused-ring (bicyclic) bond motifs is 1. The van der Waals surface area contributed by atoms with Crippen molar-refractivity contribution in [3.05, 3.63) is 60.6 Å². The van der Waals surface area contributed by atoms with Crippen molar-refractivity contribution in [1.29, 1.82) is 0 Å². The van der Waals surface area contributed by atoms with E-state index in [1.165, 1.54) is 7.11 Å². The zero-order valence-electron chi connectivity index (χ0n) is 15.8. The van der Waals surface area contributed by atoms with Gasteiger partial charge in [0.05, 0.1) is 36.9 Å². The van der Waals surface area contributed by atoms with Crippen molar-refractivity contribution in [2.75, 3.05) is 14.2 Å². The molecule has 28 heavy (non-hydrogen) atoms. The van der Waals surface area contributed by atoms with Crippen molar-refractivity contribution >= 4 is 11.0 Å². The Hall–Kier alpha value is -3.45. The standard InChI is InChI=1S/C21H20N4O3/c1-13(26)14-7-8-19-18(10-14)23-12-25(19)16-6-4-5-15(9-16)17-11-22-21(28-3)24-20(17)27-2/h4-13,26H,1-3H3/t13-/m0/s1. The minimum absolute atomic E-state index is 0.256. The number of ether oxygens (including phenoxy) is 2. The van der Waals surface area contributed by atoms with Crippen LogP contribution in [0.1, 0.15) is 18.6 Å². The molecule has 0 saturated carbocycles. The molecule has 2 aromatic heterocycles. The van der Waals surface area contributed by atoms with E-state index in [2.05, 4.69) is 15.0 Å². The van der Waals surface area contributed by atoms with Crippen LogP contribution in [-0.2, 0) is 0 Å². The van der Waals surface area contributed by atoms with Crippen molar-refractivity contribution in [3.63, 3.8) is 0 Å². The predicted molar refractivity (Wildman–Crippen MR) is 106 cm³/mol. The summed E-state index contributed by atoms with van der Waals surface area (Å²) in [7, 11) is 3.08. The van der Waals surface area contributed by atoms with Gasteiger partial charge in [-0.05, 0) is 42.3 Å². The second-order valence-corrected chi connectivity index (χ2v) is 6.37. The molecule has 0 radical (unpaired) electrons. The van der Waals surface area contributed by atoms with Crippen LogP contribution in [0.25, 0.3) is 27.8 Å². The maximum atomic E-state index is 9.79. The third-order valence-electron chi connectivity index (χ3n) is 4.60. The van der Waals surface area contributed by atoms with Crippen molar-refractivity contribution in [2.45, 2.75) is 13.0 Å². The highest BCUT2D eigenvalue weighted by Gasteiger charge is 2.13. The molecule has 7 nitrogen and oxygen atoms in total. The summed E-state index contributed by atoms with van der Waals surface area (Å²) in [5.41, 5.74) is 5.26. The van der Waals surface area contributed by atoms with Gasteiger partial charge in [-0.15, -0.1) is 0 Å². The number of imidazole rings is 1. The summed E-state index contributed by atoms with van der Waals surface area (Å²) in [5.74, 6) is 0.445. The van der Waals surface area contributed by atoms with Crippen LogP contribution < -0.4 is 9.47 Å². The topological polar surface area (TPSA) is 82.3 Å². The molecule has 0 aliphatic carbocycles. The molecule has 2 aromatic carbocycles. The van der Waals surface area contributed by atoms with Crippen molar-refractivity contribution in [2.24, 2.45) is 0 Å². The molecular formula is C21H20N4O3. The van der Waals surface area contributed by atoms with Gasteiger partial charge in [0, 0.05) is 11.9 Å². The van der Waals surface area contributed by atoms with Gasteiger partial charge >= 0.3 is 6.01 Å². The summed E-state index contributed by atoms with van der Waals surface area (Å²) in [6, 6.07) is 14.0. The molecular weight excluding hydrogens is 356 g/mol. The summed E-state index contributed by atoms with van der Waals surface area (Å²) in [6.45, 7) is 1.74. The van der Waals surface area contributed by atoms with Crippen LogP contribution in [0, 0.1) is 0 Å². The lowest BCUT2D eigenvalue weighted by Gasteiger charge is -2.11. The fourth-order valence-electron chi connectivity index (χ4n) is 3.12. The zero-order valence-corrected chi connectivity index (χ0v) is 15.8. The van der Waals surface area contributed by atoms with E-state index < -0.39 is 6.10 Å². The molecule has 0 spiro atoms. The first-order valence-corrected chi connectivity index (χ1v) is 8.81. The van der Waals surface area contributed by atoms with E-state index in [-0.39, 0.29) is 6.01 Å². The molecule has 0 bridgehead atoms. The Labute approximate surface area is 162 Å². The SMILES string of the molecule is COc1ncc(-c2cccc(-n3cnc4cc([C@H](C)O)ccc43)c2)c(OC)n1. The van der Waals surface area contributed by atoms with E-state index in [1.54, 1.807) is 26.6 Å². The fourth-order valence-corrected chi connectivity index (χ4v) is 3.12. The van der Waals surface area contributed by atoms with Gasteiger partial charge in [0.25, 0.3) is 0 Å². The summed E-state index contributed by atoms with van der Waals surface area (Å²) in [4.78, 5) is 12.9. The van der Waals surface area contributed by atoms with Crippen LogP contribution in [0.15, 0.2) is 55.0 Å². The second kappa shape index (κ2) is 7.28. The molecule has 0 saturated heterocycles. The average molecular weight is 376 g/mol. The lowest BCUT2D eigenvalue weighted by Crippen LogP contribution is -1.98. The van der Waals surface area contributed by atoms with Gasteiger partial charge in [-0.1, -0.05) is 18.2 Å². The number of benzene rings is 2. The largest absolute Gasteiger partial charge is 0.480 e. The first kappa shape index (κ1) is 17.9. The van der Waals surface area contributed by atoms with Gasteiger partial charge in [-0.25, -0.2) is 9.97 Å². The normalized spacial score (nSPS) is 12.1. The number of hydrogen-bond acceptors (Lipinski definition) is 6. The number of aromatic nitrogens is 4. The molecule has 0 fully saturated rings. The molecule has 2 heterocycles. The number of aliphatic hydroxyl groups excluding tert-OH is 1. The first-order valence-electron chi connectivity index (χ1n) is 8.81. The van der Waals surface area contributed by atoms with E-state index in [9.17, 15) is 5.11 Å². The first-order chi connectivity index (χ1) is 13.6. The Morgan fingerprint density at radius 3 is 2.64 bits per heavy atom. The lowest BCUT2D eigenvalue weighted by molar-refractivity contribution is 0.199. The van der Waals surface area contributed by atoms with Crippen LogP contribution in [-0.4, -0.2) is 38.8 Å². The van der Waals surface area contributed by atoms with Crippen molar-refractivity contribution in [3.8, 4) is 28.7 Å². The minimum atomic E-state index is -0.527. The molecule has 0 aliphatic heterocycles.